The molecule has 0 aliphatic rings. The maximum absolute atomic E-state index is 14.2. The number of hydrogen-bond acceptors (Lipinski definition) is 4. The van der Waals surface area contributed by atoms with Gasteiger partial charge in [0.2, 0.25) is 0 Å². The zero-order valence-corrected chi connectivity index (χ0v) is 16.1. The van der Waals surface area contributed by atoms with Crippen molar-refractivity contribution >= 4 is 28.5 Å². The number of aryl methyl sites for hydroxylation is 2. The Balaban J connectivity index is 2.02. The molecule has 4 aromatic rings. The van der Waals surface area contributed by atoms with Crippen LogP contribution in [0.15, 0.2) is 36.4 Å². The van der Waals surface area contributed by atoms with E-state index in [1.807, 2.05) is 0 Å². The molecule has 29 heavy (non-hydrogen) atoms. The van der Waals surface area contributed by atoms with Crippen molar-refractivity contribution in [3.63, 3.8) is 0 Å². The van der Waals surface area contributed by atoms with Gasteiger partial charge in [-0.15, -0.1) is 0 Å². The van der Waals surface area contributed by atoms with Gasteiger partial charge in [-0.25, -0.2) is 14.2 Å². The molecule has 2 aromatic heterocycles. The lowest BCUT2D eigenvalue weighted by molar-refractivity contribution is 0.0687. The Kier molecular flexibility index (Phi) is 4.32. The zero-order chi connectivity index (χ0) is 20.9. The molecule has 0 bridgehead atoms. The molecule has 0 aliphatic carbocycles. The lowest BCUT2D eigenvalue weighted by atomic mass is 10.1. The summed E-state index contributed by atoms with van der Waals surface area (Å²) in [4.78, 5) is 16.3. The summed E-state index contributed by atoms with van der Waals surface area (Å²) in [5.74, 6) is -1.64. The first-order valence-electron chi connectivity index (χ1n) is 8.47. The van der Waals surface area contributed by atoms with Crippen LogP contribution in [0.3, 0.4) is 0 Å². The van der Waals surface area contributed by atoms with Crippen molar-refractivity contribution in [2.45, 2.75) is 6.92 Å². The van der Waals surface area contributed by atoms with E-state index in [4.69, 9.17) is 16.9 Å². The van der Waals surface area contributed by atoms with Crippen molar-refractivity contribution in [3.8, 4) is 23.1 Å². The van der Waals surface area contributed by atoms with Gasteiger partial charge in [-0.1, -0.05) is 11.6 Å². The minimum atomic E-state index is -1.17. The molecule has 0 aliphatic heterocycles. The summed E-state index contributed by atoms with van der Waals surface area (Å²) in [6.45, 7) is 1.57. The highest BCUT2D eigenvalue weighted by molar-refractivity contribution is 6.34. The number of imidazole rings is 1. The minimum Gasteiger partial charge on any atom is -0.477 e. The molecule has 2 heterocycles. The highest BCUT2D eigenvalue weighted by Crippen LogP contribution is 2.31. The highest BCUT2D eigenvalue weighted by Gasteiger charge is 2.23. The van der Waals surface area contributed by atoms with Gasteiger partial charge in [0.05, 0.1) is 16.8 Å². The van der Waals surface area contributed by atoms with E-state index in [0.717, 1.165) is 6.07 Å². The van der Waals surface area contributed by atoms with E-state index in [-0.39, 0.29) is 22.8 Å². The molecule has 0 unspecified atom stereocenters. The first kappa shape index (κ1) is 18.7. The topological polar surface area (TPSA) is 96.7 Å². The monoisotopic (exact) mass is 409 g/mol. The number of aromatic nitrogens is 4. The van der Waals surface area contributed by atoms with Gasteiger partial charge in [0.1, 0.15) is 22.9 Å². The molecule has 0 saturated carbocycles. The number of halogens is 2. The van der Waals surface area contributed by atoms with Gasteiger partial charge in [0.25, 0.3) is 0 Å². The highest BCUT2D eigenvalue weighted by atomic mass is 35.5. The summed E-state index contributed by atoms with van der Waals surface area (Å²) in [6, 6.07) is 10.9. The molecule has 0 radical (unpaired) electrons. The van der Waals surface area contributed by atoms with Gasteiger partial charge in [-0.05, 0) is 43.3 Å². The number of carboxylic acid groups (broad SMARTS) is 1. The van der Waals surface area contributed by atoms with Crippen LogP contribution in [0, 0.1) is 24.1 Å². The molecule has 0 amide bonds. The molecular weight excluding hydrogens is 397 g/mol. The number of carbonyl (C=O) groups is 1. The van der Waals surface area contributed by atoms with Gasteiger partial charge in [-0.3, -0.25) is 9.25 Å². The van der Waals surface area contributed by atoms with Crippen LogP contribution in [0.25, 0.3) is 28.0 Å². The minimum absolute atomic E-state index is 0.0517. The molecule has 1 N–H and O–H groups in total. The molecule has 4 rings (SSSR count). The Labute approximate surface area is 169 Å². The molecule has 7 nitrogen and oxygen atoms in total. The van der Waals surface area contributed by atoms with Gasteiger partial charge < -0.3 is 5.11 Å². The fourth-order valence-corrected chi connectivity index (χ4v) is 3.45. The predicted octanol–water partition coefficient (Wildman–Crippen LogP) is 4.10. The van der Waals surface area contributed by atoms with Crippen LogP contribution in [-0.2, 0) is 7.05 Å². The maximum Gasteiger partial charge on any atom is 0.354 e. The molecule has 2 aromatic carbocycles. The fraction of sp³-hybridized carbons (Fsp3) is 0.100. The number of rotatable bonds is 3. The van der Waals surface area contributed by atoms with E-state index in [9.17, 15) is 14.3 Å². The third kappa shape index (κ3) is 2.92. The van der Waals surface area contributed by atoms with E-state index in [0.29, 0.717) is 27.3 Å². The first-order valence-corrected chi connectivity index (χ1v) is 8.85. The van der Waals surface area contributed by atoms with Gasteiger partial charge in [0, 0.05) is 23.7 Å². The number of nitriles is 1. The molecule has 0 saturated heterocycles. The predicted molar refractivity (Wildman–Crippen MR) is 105 cm³/mol. The molecule has 0 spiro atoms. The summed E-state index contributed by atoms with van der Waals surface area (Å²) in [6.07, 6.45) is 0. The lowest BCUT2D eigenvalue weighted by Crippen LogP contribution is -2.09. The summed E-state index contributed by atoms with van der Waals surface area (Å²) in [7, 11) is 1.71. The van der Waals surface area contributed by atoms with Crippen molar-refractivity contribution in [2.75, 3.05) is 0 Å². The van der Waals surface area contributed by atoms with Crippen LogP contribution in [0.4, 0.5) is 4.39 Å². The van der Waals surface area contributed by atoms with Gasteiger partial charge in [-0.2, -0.15) is 10.4 Å². The zero-order valence-electron chi connectivity index (χ0n) is 15.3. The summed E-state index contributed by atoms with van der Waals surface area (Å²) in [5.41, 5.74) is 1.60. The van der Waals surface area contributed by atoms with Crippen molar-refractivity contribution < 1.29 is 14.3 Å². The molecular formula is C20H13ClFN5O2. The van der Waals surface area contributed by atoms with Crippen LogP contribution in [-0.4, -0.2) is 30.4 Å². The van der Waals surface area contributed by atoms with Crippen LogP contribution < -0.4 is 0 Å². The normalized spacial score (nSPS) is 11.0. The molecule has 9 heteroatoms. The van der Waals surface area contributed by atoms with Crippen LogP contribution in [0.5, 0.6) is 0 Å². The van der Waals surface area contributed by atoms with E-state index in [2.05, 4.69) is 10.1 Å². The SMILES string of the molecule is Cc1nc(-c2ccc(C#N)c(F)c2)n(-c2ccc3nn(C)c(Cl)c3c2)c1C(=O)O. The fourth-order valence-electron chi connectivity index (χ4n) is 3.27. The Hall–Kier alpha value is -3.70. The van der Waals surface area contributed by atoms with Gasteiger partial charge >= 0.3 is 5.97 Å². The Morgan fingerprint density at radius 3 is 2.69 bits per heavy atom. The van der Waals surface area contributed by atoms with E-state index >= 15 is 0 Å². The third-order valence-electron chi connectivity index (χ3n) is 4.60. The number of benzene rings is 2. The summed E-state index contributed by atoms with van der Waals surface area (Å²) in [5, 5.41) is 24.0. The van der Waals surface area contributed by atoms with E-state index in [1.165, 1.54) is 21.4 Å². The number of aromatic carboxylic acids is 1. The van der Waals surface area contributed by atoms with Crippen molar-refractivity contribution in [3.05, 3.63) is 64.3 Å². The summed E-state index contributed by atoms with van der Waals surface area (Å²) < 4.78 is 17.1. The second-order valence-corrected chi connectivity index (χ2v) is 6.79. The van der Waals surface area contributed by atoms with Crippen molar-refractivity contribution in [1.82, 2.24) is 19.3 Å². The van der Waals surface area contributed by atoms with Crippen molar-refractivity contribution in [2.24, 2.45) is 7.05 Å². The largest absolute Gasteiger partial charge is 0.477 e. The average Bonchev–Trinajstić information content (AvgIpc) is 3.18. The Morgan fingerprint density at radius 2 is 2.03 bits per heavy atom. The number of carboxylic acids is 1. The first-order chi connectivity index (χ1) is 13.8. The second-order valence-electron chi connectivity index (χ2n) is 6.43. The smallest absolute Gasteiger partial charge is 0.354 e. The van der Waals surface area contributed by atoms with Crippen molar-refractivity contribution in [1.29, 1.82) is 5.26 Å². The van der Waals surface area contributed by atoms with E-state index in [1.54, 1.807) is 38.2 Å². The average molecular weight is 410 g/mol. The number of hydrogen-bond donors (Lipinski definition) is 1. The molecule has 144 valence electrons. The lowest BCUT2D eigenvalue weighted by Gasteiger charge is -2.11. The second kappa shape index (κ2) is 6.72. The van der Waals surface area contributed by atoms with E-state index < -0.39 is 11.8 Å². The Morgan fingerprint density at radius 1 is 1.28 bits per heavy atom. The Bertz CT molecular complexity index is 1350. The van der Waals surface area contributed by atoms with Gasteiger partial charge in [0.15, 0.2) is 5.69 Å². The maximum atomic E-state index is 14.2. The van der Waals surface area contributed by atoms with Crippen LogP contribution >= 0.6 is 11.6 Å². The van der Waals surface area contributed by atoms with Crippen LogP contribution in [0.2, 0.25) is 5.15 Å². The number of nitrogens with zero attached hydrogens (tertiary/aromatic N) is 5. The van der Waals surface area contributed by atoms with Crippen LogP contribution in [0.1, 0.15) is 21.7 Å². The molecule has 0 atom stereocenters. The standard InChI is InChI=1S/C20H13ClFN5O2/c1-10-17(20(28)29)27(13-5-6-16-14(8-13)18(21)26(2)25-16)19(24-10)11-3-4-12(9-23)15(22)7-11/h3-8H,1-2H3,(H,28,29). The molecule has 0 fully saturated rings. The third-order valence-corrected chi connectivity index (χ3v) is 5.05. The summed E-state index contributed by atoms with van der Waals surface area (Å²) >= 11 is 6.30. The quantitative estimate of drug-likeness (QED) is 0.549. The number of fused-ring (bicyclic) bond motifs is 1.